The van der Waals surface area contributed by atoms with E-state index in [0.717, 1.165) is 23.5 Å². The van der Waals surface area contributed by atoms with E-state index in [4.69, 9.17) is 0 Å². The minimum Gasteiger partial charge on any atom is -0.502 e. The van der Waals surface area contributed by atoms with Gasteiger partial charge in [-0.3, -0.25) is 15.1 Å². The Bertz CT molecular complexity index is 817. The molecular formula is C16H16N4O3. The topological polar surface area (TPSA) is 92.4 Å². The Morgan fingerprint density at radius 1 is 1.39 bits per heavy atom. The van der Waals surface area contributed by atoms with Gasteiger partial charge in [-0.2, -0.15) is 0 Å². The summed E-state index contributed by atoms with van der Waals surface area (Å²) in [5.74, 6) is 0.196. The zero-order chi connectivity index (χ0) is 16.6. The molecule has 7 heteroatoms. The molecule has 23 heavy (non-hydrogen) atoms. The second-order valence-electron chi connectivity index (χ2n) is 5.27. The van der Waals surface area contributed by atoms with Crippen LogP contribution in [0.1, 0.15) is 23.9 Å². The molecule has 0 amide bonds. The van der Waals surface area contributed by atoms with Crippen molar-refractivity contribution >= 4 is 17.3 Å². The van der Waals surface area contributed by atoms with Crippen molar-refractivity contribution in [3.63, 3.8) is 0 Å². The molecule has 1 aliphatic heterocycles. The van der Waals surface area contributed by atoms with Gasteiger partial charge in [-0.1, -0.05) is 6.92 Å². The van der Waals surface area contributed by atoms with Gasteiger partial charge in [-0.25, -0.2) is 4.98 Å². The Morgan fingerprint density at radius 3 is 2.83 bits per heavy atom. The van der Waals surface area contributed by atoms with Crippen molar-refractivity contribution in [3.8, 4) is 0 Å². The maximum Gasteiger partial charge on any atom is 0.307 e. The van der Waals surface area contributed by atoms with Crippen LogP contribution in [0.15, 0.2) is 36.2 Å². The van der Waals surface area contributed by atoms with Crippen molar-refractivity contribution < 1.29 is 10.0 Å². The van der Waals surface area contributed by atoms with E-state index in [1.807, 2.05) is 19.9 Å². The van der Waals surface area contributed by atoms with Crippen LogP contribution in [-0.4, -0.2) is 26.5 Å². The maximum absolute atomic E-state index is 11.3. The molecule has 0 saturated carbocycles. The van der Waals surface area contributed by atoms with E-state index in [1.165, 1.54) is 0 Å². The number of aliphatic hydroxyl groups is 1. The molecule has 3 rings (SSSR count). The van der Waals surface area contributed by atoms with Gasteiger partial charge in [0, 0.05) is 11.9 Å². The third-order valence-corrected chi connectivity index (χ3v) is 3.88. The SMILES string of the molecule is CCc1ccc2c(n1)N(c1cccnc1C)CC([N+](=O)[O-])=C2O. The maximum atomic E-state index is 11.3. The Balaban J connectivity index is 2.24. The van der Waals surface area contributed by atoms with Gasteiger partial charge < -0.3 is 10.0 Å². The molecule has 118 valence electrons. The predicted octanol–water partition coefficient (Wildman–Crippen LogP) is 3.00. The van der Waals surface area contributed by atoms with Gasteiger partial charge in [0.25, 0.3) is 0 Å². The largest absolute Gasteiger partial charge is 0.502 e. The van der Waals surface area contributed by atoms with Crippen LogP contribution in [0.4, 0.5) is 11.5 Å². The van der Waals surface area contributed by atoms with Crippen molar-refractivity contribution in [1.82, 2.24) is 9.97 Å². The second kappa shape index (κ2) is 5.68. The number of aryl methyl sites for hydroxylation is 2. The molecule has 1 N–H and O–H groups in total. The number of nitro groups is 1. The van der Waals surface area contributed by atoms with Crippen LogP contribution >= 0.6 is 0 Å². The molecule has 0 unspecified atom stereocenters. The molecule has 2 aromatic rings. The fourth-order valence-electron chi connectivity index (χ4n) is 2.63. The van der Waals surface area contributed by atoms with Gasteiger partial charge >= 0.3 is 5.70 Å². The summed E-state index contributed by atoms with van der Waals surface area (Å²) in [6.07, 6.45) is 2.40. The van der Waals surface area contributed by atoms with Gasteiger partial charge in [0.1, 0.15) is 12.4 Å². The molecule has 0 bridgehead atoms. The van der Waals surface area contributed by atoms with Crippen LogP contribution < -0.4 is 4.90 Å². The molecule has 0 saturated heterocycles. The molecule has 2 aromatic heterocycles. The number of fused-ring (bicyclic) bond motifs is 1. The quantitative estimate of drug-likeness (QED) is 0.692. The van der Waals surface area contributed by atoms with Crippen molar-refractivity contribution in [3.05, 3.63) is 63.2 Å². The van der Waals surface area contributed by atoms with E-state index in [0.29, 0.717) is 11.4 Å². The third-order valence-electron chi connectivity index (χ3n) is 3.88. The molecule has 0 radical (unpaired) electrons. The van der Waals surface area contributed by atoms with E-state index in [9.17, 15) is 15.2 Å². The number of aromatic nitrogens is 2. The van der Waals surface area contributed by atoms with Gasteiger partial charge in [0.15, 0.2) is 0 Å². The minimum absolute atomic E-state index is 0.0570. The number of aliphatic hydroxyl groups excluding tert-OH is 1. The Morgan fingerprint density at radius 2 is 2.17 bits per heavy atom. The van der Waals surface area contributed by atoms with Crippen LogP contribution in [0.2, 0.25) is 0 Å². The lowest BCUT2D eigenvalue weighted by atomic mass is 10.1. The summed E-state index contributed by atoms with van der Waals surface area (Å²) < 4.78 is 0. The van der Waals surface area contributed by atoms with Gasteiger partial charge in [0.2, 0.25) is 5.76 Å². The average molecular weight is 312 g/mol. The smallest absolute Gasteiger partial charge is 0.307 e. The zero-order valence-corrected chi connectivity index (χ0v) is 12.9. The highest BCUT2D eigenvalue weighted by Crippen LogP contribution is 2.37. The Labute approximate surface area is 133 Å². The highest BCUT2D eigenvalue weighted by Gasteiger charge is 2.34. The molecule has 7 nitrogen and oxygen atoms in total. The van der Waals surface area contributed by atoms with Crippen molar-refractivity contribution in [2.45, 2.75) is 20.3 Å². The molecular weight excluding hydrogens is 296 g/mol. The highest BCUT2D eigenvalue weighted by molar-refractivity contribution is 5.80. The molecule has 1 aliphatic rings. The van der Waals surface area contributed by atoms with Crippen molar-refractivity contribution in [2.24, 2.45) is 0 Å². The highest BCUT2D eigenvalue weighted by atomic mass is 16.6. The summed E-state index contributed by atoms with van der Waals surface area (Å²) in [5.41, 5.74) is 2.45. The second-order valence-corrected chi connectivity index (χ2v) is 5.27. The molecule has 0 aromatic carbocycles. The van der Waals surface area contributed by atoms with E-state index < -0.39 is 4.92 Å². The van der Waals surface area contributed by atoms with Crippen LogP contribution in [0.3, 0.4) is 0 Å². The number of hydrogen-bond acceptors (Lipinski definition) is 6. The van der Waals surface area contributed by atoms with Gasteiger partial charge in [-0.05, 0) is 37.6 Å². The number of hydrogen-bond donors (Lipinski definition) is 1. The summed E-state index contributed by atoms with van der Waals surface area (Å²) in [7, 11) is 0. The lowest BCUT2D eigenvalue weighted by Gasteiger charge is -2.29. The van der Waals surface area contributed by atoms with E-state index >= 15 is 0 Å². The van der Waals surface area contributed by atoms with E-state index in [1.54, 1.807) is 29.3 Å². The molecule has 3 heterocycles. The van der Waals surface area contributed by atoms with Crippen LogP contribution in [-0.2, 0) is 6.42 Å². The Hall–Kier alpha value is -2.96. The summed E-state index contributed by atoms with van der Waals surface area (Å²) in [4.78, 5) is 21.3. The van der Waals surface area contributed by atoms with Gasteiger partial charge in [0.05, 0.1) is 21.9 Å². The molecule has 0 spiro atoms. The lowest BCUT2D eigenvalue weighted by Crippen LogP contribution is -2.30. The number of nitrogens with zero attached hydrogens (tertiary/aromatic N) is 4. The number of rotatable bonds is 3. The fourth-order valence-corrected chi connectivity index (χ4v) is 2.63. The third kappa shape index (κ3) is 2.50. The standard InChI is InChI=1S/C16H16N4O3/c1-3-11-6-7-12-15(21)14(20(22)23)9-19(16(12)18-11)13-5-4-8-17-10(13)2/h4-8,21H,3,9H2,1-2H3. The van der Waals surface area contributed by atoms with E-state index in [2.05, 4.69) is 9.97 Å². The summed E-state index contributed by atoms with van der Waals surface area (Å²) in [6.45, 7) is 3.76. The molecule has 0 aliphatic carbocycles. The summed E-state index contributed by atoms with van der Waals surface area (Å²) in [6, 6.07) is 7.06. The summed E-state index contributed by atoms with van der Waals surface area (Å²) in [5, 5.41) is 21.5. The van der Waals surface area contributed by atoms with Crippen molar-refractivity contribution in [2.75, 3.05) is 11.4 Å². The average Bonchev–Trinajstić information content (AvgIpc) is 2.55. The van der Waals surface area contributed by atoms with Crippen molar-refractivity contribution in [1.29, 1.82) is 0 Å². The molecule has 0 fully saturated rings. The van der Waals surface area contributed by atoms with Crippen LogP contribution in [0.25, 0.3) is 5.76 Å². The van der Waals surface area contributed by atoms with E-state index in [-0.39, 0.29) is 18.0 Å². The van der Waals surface area contributed by atoms with Crippen LogP contribution in [0.5, 0.6) is 0 Å². The first-order valence-electron chi connectivity index (χ1n) is 7.29. The monoisotopic (exact) mass is 312 g/mol. The van der Waals surface area contributed by atoms with Crippen LogP contribution in [0, 0.1) is 17.0 Å². The van der Waals surface area contributed by atoms with Gasteiger partial charge in [-0.15, -0.1) is 0 Å². The molecule has 0 atom stereocenters. The normalized spacial score (nSPS) is 13.9. The summed E-state index contributed by atoms with van der Waals surface area (Å²) >= 11 is 0. The first-order chi connectivity index (χ1) is 11.0. The number of anilines is 2. The minimum atomic E-state index is -0.551. The number of pyridine rings is 2. The Kier molecular flexibility index (Phi) is 3.69. The zero-order valence-electron chi connectivity index (χ0n) is 12.9. The lowest BCUT2D eigenvalue weighted by molar-refractivity contribution is -0.425. The first kappa shape index (κ1) is 15.0. The fraction of sp³-hybridized carbons (Fsp3) is 0.250. The predicted molar refractivity (Wildman–Crippen MR) is 86.1 cm³/mol. The first-order valence-corrected chi connectivity index (χ1v) is 7.29.